The third kappa shape index (κ3) is 4.75. The van der Waals surface area contributed by atoms with Gasteiger partial charge in [-0.2, -0.15) is 5.10 Å². The lowest BCUT2D eigenvalue weighted by Crippen LogP contribution is -2.27. The summed E-state index contributed by atoms with van der Waals surface area (Å²) >= 11 is 12.2. The van der Waals surface area contributed by atoms with E-state index < -0.39 is 0 Å². The first-order chi connectivity index (χ1) is 16.1. The number of nitrogens with one attached hydrogen (secondary N) is 1. The number of hydrogen-bond acceptors (Lipinski definition) is 4. The summed E-state index contributed by atoms with van der Waals surface area (Å²) in [6.07, 6.45) is 5.11. The third-order valence-corrected chi connectivity index (χ3v) is 6.48. The molecule has 0 atom stereocenters. The van der Waals surface area contributed by atoms with Crippen LogP contribution < -0.4 is 5.32 Å². The van der Waals surface area contributed by atoms with E-state index in [9.17, 15) is 4.79 Å². The lowest BCUT2D eigenvalue weighted by molar-refractivity contribution is 0.0949. The maximum Gasteiger partial charge on any atom is 0.272 e. The number of aryl methyl sites for hydroxylation is 1. The quantitative estimate of drug-likeness (QED) is 0.432. The van der Waals surface area contributed by atoms with Gasteiger partial charge in [0.25, 0.3) is 5.91 Å². The Kier molecular flexibility index (Phi) is 6.33. The van der Waals surface area contributed by atoms with Crippen LogP contribution in [0.25, 0.3) is 10.9 Å². The maximum atomic E-state index is 13.1. The Morgan fingerprint density at radius 1 is 1.00 bits per heavy atom. The van der Waals surface area contributed by atoms with Crippen LogP contribution in [0.2, 0.25) is 10.0 Å². The lowest BCUT2D eigenvalue weighted by Gasteiger charge is -2.07. The van der Waals surface area contributed by atoms with Gasteiger partial charge in [-0.25, -0.2) is 0 Å². The highest BCUT2D eigenvalue weighted by molar-refractivity contribution is 6.31. The molecule has 1 amide bonds. The van der Waals surface area contributed by atoms with E-state index in [2.05, 4.69) is 25.2 Å². The molecule has 2 aromatic heterocycles. The van der Waals surface area contributed by atoms with Gasteiger partial charge in [0.05, 0.1) is 12.1 Å². The van der Waals surface area contributed by atoms with E-state index in [1.807, 2.05) is 41.1 Å². The van der Waals surface area contributed by atoms with E-state index in [1.165, 1.54) is 6.42 Å². The molecule has 7 nitrogen and oxygen atoms in total. The first kappa shape index (κ1) is 21.9. The standard InChI is InChI=1S/C24H24Cl2N6O/c25-17-7-5-16(6-8-17)15-32-20-10-9-18(26)14-19(20)23(30-32)24(33)27-12-11-22-29-28-21-4-2-1-3-13-31(21)22/h5-10,14H,1-4,11-13,15H2,(H,27,33). The van der Waals surface area contributed by atoms with Crippen molar-refractivity contribution in [1.82, 2.24) is 29.9 Å². The maximum absolute atomic E-state index is 13.1. The van der Waals surface area contributed by atoms with E-state index >= 15 is 0 Å². The van der Waals surface area contributed by atoms with E-state index in [0.29, 0.717) is 35.2 Å². The largest absolute Gasteiger partial charge is 0.350 e. The summed E-state index contributed by atoms with van der Waals surface area (Å²) < 4.78 is 4.03. The number of nitrogens with zero attached hydrogens (tertiary/aromatic N) is 5. The number of amides is 1. The second-order valence-electron chi connectivity index (χ2n) is 8.29. The molecule has 2 aromatic carbocycles. The second kappa shape index (κ2) is 9.53. The Morgan fingerprint density at radius 2 is 1.82 bits per heavy atom. The molecule has 33 heavy (non-hydrogen) atoms. The molecule has 0 saturated heterocycles. The van der Waals surface area contributed by atoms with Crippen LogP contribution >= 0.6 is 23.2 Å². The van der Waals surface area contributed by atoms with Gasteiger partial charge < -0.3 is 9.88 Å². The molecular formula is C24H24Cl2N6O. The summed E-state index contributed by atoms with van der Waals surface area (Å²) in [5, 5.41) is 18.3. The van der Waals surface area contributed by atoms with Crippen LogP contribution in [-0.4, -0.2) is 37.0 Å². The van der Waals surface area contributed by atoms with Crippen molar-refractivity contribution in [2.45, 2.75) is 45.2 Å². The van der Waals surface area contributed by atoms with Crippen molar-refractivity contribution in [3.63, 3.8) is 0 Å². The number of hydrogen-bond donors (Lipinski definition) is 1. The predicted octanol–water partition coefficient (Wildman–Crippen LogP) is 4.68. The fraction of sp³-hybridized carbons (Fsp3) is 0.333. The topological polar surface area (TPSA) is 77.6 Å². The molecule has 0 aliphatic carbocycles. The number of fused-ring (bicyclic) bond motifs is 2. The lowest BCUT2D eigenvalue weighted by atomic mass is 10.2. The van der Waals surface area contributed by atoms with Gasteiger partial charge >= 0.3 is 0 Å². The molecule has 1 aliphatic rings. The molecular weight excluding hydrogens is 459 g/mol. The van der Waals surface area contributed by atoms with Gasteiger partial charge in [-0.3, -0.25) is 9.48 Å². The van der Waals surface area contributed by atoms with Gasteiger partial charge in [0.1, 0.15) is 11.6 Å². The zero-order valence-corrected chi connectivity index (χ0v) is 19.6. The van der Waals surface area contributed by atoms with Crippen molar-refractivity contribution in [3.8, 4) is 0 Å². The Hall–Kier alpha value is -2.90. The first-order valence-electron chi connectivity index (χ1n) is 11.2. The highest BCUT2D eigenvalue weighted by Gasteiger charge is 2.19. The monoisotopic (exact) mass is 482 g/mol. The van der Waals surface area contributed by atoms with Gasteiger partial charge in [0, 0.05) is 41.4 Å². The number of benzene rings is 2. The van der Waals surface area contributed by atoms with E-state index in [0.717, 1.165) is 53.9 Å². The van der Waals surface area contributed by atoms with Crippen LogP contribution in [0.5, 0.6) is 0 Å². The fourth-order valence-corrected chi connectivity index (χ4v) is 4.60. The Balaban J connectivity index is 1.33. The average Bonchev–Trinajstić information content (AvgIpc) is 3.26. The minimum Gasteiger partial charge on any atom is -0.350 e. The minimum absolute atomic E-state index is 0.229. The first-order valence-corrected chi connectivity index (χ1v) is 11.9. The van der Waals surface area contributed by atoms with Crippen LogP contribution in [0.15, 0.2) is 42.5 Å². The smallest absolute Gasteiger partial charge is 0.272 e. The molecule has 1 aliphatic heterocycles. The number of rotatable bonds is 6. The Labute approximate surface area is 201 Å². The molecule has 0 radical (unpaired) electrons. The molecule has 0 fully saturated rings. The SMILES string of the molecule is O=C(NCCc1nnc2n1CCCCC2)c1nn(Cc2ccc(Cl)cc2)c2ccc(Cl)cc12. The summed E-state index contributed by atoms with van der Waals surface area (Å²) in [6, 6.07) is 13.1. The molecule has 0 bridgehead atoms. The molecule has 5 rings (SSSR count). The summed E-state index contributed by atoms with van der Waals surface area (Å²) in [6.45, 7) is 1.93. The highest BCUT2D eigenvalue weighted by atomic mass is 35.5. The van der Waals surface area contributed by atoms with Gasteiger partial charge in [-0.15, -0.1) is 10.2 Å². The Morgan fingerprint density at radius 3 is 2.67 bits per heavy atom. The van der Waals surface area contributed by atoms with Crippen LogP contribution in [0.4, 0.5) is 0 Å². The van der Waals surface area contributed by atoms with Crippen LogP contribution in [0.1, 0.15) is 47.0 Å². The predicted molar refractivity (Wildman–Crippen MR) is 129 cm³/mol. The van der Waals surface area contributed by atoms with Gasteiger partial charge in [0.15, 0.2) is 5.69 Å². The van der Waals surface area contributed by atoms with Crippen LogP contribution in [0, 0.1) is 0 Å². The van der Waals surface area contributed by atoms with Crippen molar-refractivity contribution in [2.75, 3.05) is 6.54 Å². The molecule has 0 spiro atoms. The van der Waals surface area contributed by atoms with Crippen molar-refractivity contribution < 1.29 is 4.79 Å². The number of carbonyl (C=O) groups is 1. The average molecular weight is 483 g/mol. The summed E-state index contributed by atoms with van der Waals surface area (Å²) in [5.74, 6) is 1.75. The van der Waals surface area contributed by atoms with Gasteiger partial charge in [0.2, 0.25) is 0 Å². The van der Waals surface area contributed by atoms with Crippen LogP contribution in [0.3, 0.4) is 0 Å². The third-order valence-electron chi connectivity index (χ3n) is 5.99. The van der Waals surface area contributed by atoms with Gasteiger partial charge in [-0.05, 0) is 48.7 Å². The minimum atomic E-state index is -0.229. The summed E-state index contributed by atoms with van der Waals surface area (Å²) in [7, 11) is 0. The number of aromatic nitrogens is 5. The molecule has 1 N–H and O–H groups in total. The van der Waals surface area contributed by atoms with Crippen molar-refractivity contribution >= 4 is 40.0 Å². The van der Waals surface area contributed by atoms with Crippen molar-refractivity contribution in [2.24, 2.45) is 0 Å². The highest BCUT2D eigenvalue weighted by Crippen LogP contribution is 2.24. The molecule has 3 heterocycles. The number of carbonyl (C=O) groups excluding carboxylic acids is 1. The zero-order valence-electron chi connectivity index (χ0n) is 18.1. The van der Waals surface area contributed by atoms with Gasteiger partial charge in [-0.1, -0.05) is 41.8 Å². The van der Waals surface area contributed by atoms with E-state index in [1.54, 1.807) is 6.07 Å². The summed E-state index contributed by atoms with van der Waals surface area (Å²) in [4.78, 5) is 13.1. The van der Waals surface area contributed by atoms with E-state index in [4.69, 9.17) is 23.2 Å². The molecule has 170 valence electrons. The summed E-state index contributed by atoms with van der Waals surface area (Å²) in [5.41, 5.74) is 2.25. The molecule has 4 aromatic rings. The second-order valence-corrected chi connectivity index (χ2v) is 9.17. The Bertz CT molecular complexity index is 1290. The number of halogens is 2. The molecule has 9 heteroatoms. The van der Waals surface area contributed by atoms with E-state index in [-0.39, 0.29) is 5.91 Å². The molecule has 0 unspecified atom stereocenters. The normalized spacial score (nSPS) is 13.6. The zero-order chi connectivity index (χ0) is 22.8. The fourth-order valence-electron chi connectivity index (χ4n) is 4.30. The van der Waals surface area contributed by atoms with Crippen LogP contribution in [-0.2, 0) is 25.9 Å². The molecule has 0 saturated carbocycles. The van der Waals surface area contributed by atoms with Crippen molar-refractivity contribution in [3.05, 3.63) is 75.4 Å². The van der Waals surface area contributed by atoms with Crippen molar-refractivity contribution in [1.29, 1.82) is 0 Å².